The van der Waals surface area contributed by atoms with E-state index in [0.717, 1.165) is 29.7 Å². The average Bonchev–Trinajstić information content (AvgIpc) is 2.83. The normalized spacial score (nSPS) is 14.3. The van der Waals surface area contributed by atoms with Crippen LogP contribution in [0.15, 0.2) is 83.8 Å². The maximum absolute atomic E-state index is 13.2. The predicted octanol–water partition coefficient (Wildman–Crippen LogP) is 4.08. The number of nitrogens with one attached hydrogen (secondary N) is 1. The molecule has 3 aromatic rings. The van der Waals surface area contributed by atoms with E-state index in [-0.39, 0.29) is 23.5 Å². The first-order valence-electron chi connectivity index (χ1n) is 10.6. The second-order valence-electron chi connectivity index (χ2n) is 7.77. The molecule has 1 aliphatic heterocycles. The molecule has 0 saturated carbocycles. The number of rotatable bonds is 7. The Morgan fingerprint density at radius 2 is 1.69 bits per heavy atom. The number of carbonyl (C=O) groups excluding carboxylic acids is 1. The summed E-state index contributed by atoms with van der Waals surface area (Å²) in [5, 5.41) is 2.89. The summed E-state index contributed by atoms with van der Waals surface area (Å²) in [5.41, 5.74) is 2.79. The lowest BCUT2D eigenvalue weighted by Gasteiger charge is -2.30. The molecule has 3 aromatic carbocycles. The molecule has 1 heterocycles. The molecular formula is C25H26N2O4S. The highest BCUT2D eigenvalue weighted by molar-refractivity contribution is 7.92. The molecule has 0 unspecified atom stereocenters. The van der Waals surface area contributed by atoms with Crippen LogP contribution < -0.4 is 14.4 Å². The maximum Gasteiger partial charge on any atom is 0.264 e. The quantitative estimate of drug-likeness (QED) is 0.588. The number of amides is 1. The van der Waals surface area contributed by atoms with Gasteiger partial charge < -0.3 is 10.1 Å². The fourth-order valence-corrected chi connectivity index (χ4v) is 5.38. The largest absolute Gasteiger partial charge is 0.484 e. The zero-order valence-corrected chi connectivity index (χ0v) is 18.7. The molecule has 32 heavy (non-hydrogen) atoms. The Kier molecular flexibility index (Phi) is 6.46. The van der Waals surface area contributed by atoms with Crippen molar-refractivity contribution in [1.29, 1.82) is 0 Å². The van der Waals surface area contributed by atoms with Gasteiger partial charge >= 0.3 is 0 Å². The Hall–Kier alpha value is -3.32. The number of nitrogens with zero attached hydrogens (tertiary/aromatic N) is 1. The second kappa shape index (κ2) is 9.44. The van der Waals surface area contributed by atoms with E-state index in [1.54, 1.807) is 12.1 Å². The lowest BCUT2D eigenvalue weighted by molar-refractivity contribution is -0.123. The third kappa shape index (κ3) is 4.78. The van der Waals surface area contributed by atoms with Crippen molar-refractivity contribution >= 4 is 21.6 Å². The number of anilines is 1. The van der Waals surface area contributed by atoms with Crippen LogP contribution in [0.1, 0.15) is 30.5 Å². The molecule has 0 saturated heterocycles. The Bertz CT molecular complexity index is 1180. The predicted molar refractivity (Wildman–Crippen MR) is 124 cm³/mol. The SMILES string of the molecule is C[C@H](NC(=O)COc1ccc(S(=O)(=O)N2CCCc3ccccc32)cc1)c1ccccc1. The topological polar surface area (TPSA) is 75.7 Å². The van der Waals surface area contributed by atoms with Crippen LogP contribution in [0.4, 0.5) is 5.69 Å². The first-order valence-corrected chi connectivity index (χ1v) is 12.1. The smallest absolute Gasteiger partial charge is 0.264 e. The zero-order chi connectivity index (χ0) is 22.6. The van der Waals surface area contributed by atoms with Crippen LogP contribution in [0.5, 0.6) is 5.75 Å². The number of para-hydroxylation sites is 1. The highest BCUT2D eigenvalue weighted by Gasteiger charge is 2.28. The van der Waals surface area contributed by atoms with Crippen molar-refractivity contribution in [3.8, 4) is 5.75 Å². The maximum atomic E-state index is 13.2. The van der Waals surface area contributed by atoms with Gasteiger partial charge in [0.15, 0.2) is 6.61 Å². The summed E-state index contributed by atoms with van der Waals surface area (Å²) >= 11 is 0. The highest BCUT2D eigenvalue weighted by Crippen LogP contribution is 2.32. The monoisotopic (exact) mass is 450 g/mol. The number of hydrogen-bond acceptors (Lipinski definition) is 4. The Balaban J connectivity index is 1.39. The van der Waals surface area contributed by atoms with Crippen LogP contribution in [0.3, 0.4) is 0 Å². The van der Waals surface area contributed by atoms with Crippen molar-refractivity contribution in [2.75, 3.05) is 17.5 Å². The Morgan fingerprint density at radius 1 is 1.00 bits per heavy atom. The second-order valence-corrected chi connectivity index (χ2v) is 9.63. The van der Waals surface area contributed by atoms with Gasteiger partial charge in [-0.3, -0.25) is 9.10 Å². The summed E-state index contributed by atoms with van der Waals surface area (Å²) in [6.07, 6.45) is 1.66. The molecule has 7 heteroatoms. The van der Waals surface area contributed by atoms with Crippen molar-refractivity contribution in [2.24, 2.45) is 0 Å². The minimum Gasteiger partial charge on any atom is -0.484 e. The molecule has 0 aromatic heterocycles. The minimum absolute atomic E-state index is 0.132. The molecule has 1 amide bonds. The summed E-state index contributed by atoms with van der Waals surface area (Å²) in [6, 6.07) is 23.3. The van der Waals surface area contributed by atoms with Gasteiger partial charge in [0.05, 0.1) is 16.6 Å². The first-order chi connectivity index (χ1) is 15.4. The molecule has 0 fully saturated rings. The van der Waals surface area contributed by atoms with Gasteiger partial charge in [0.1, 0.15) is 5.75 Å². The molecule has 0 aliphatic carbocycles. The molecule has 0 bridgehead atoms. The molecular weight excluding hydrogens is 424 g/mol. The third-order valence-corrected chi connectivity index (χ3v) is 7.35. The molecule has 166 valence electrons. The van der Waals surface area contributed by atoms with Crippen molar-refractivity contribution in [3.63, 3.8) is 0 Å². The number of fused-ring (bicyclic) bond motifs is 1. The van der Waals surface area contributed by atoms with Gasteiger partial charge in [-0.05, 0) is 61.2 Å². The molecule has 6 nitrogen and oxygen atoms in total. The van der Waals surface area contributed by atoms with Crippen molar-refractivity contribution in [2.45, 2.75) is 30.7 Å². The van der Waals surface area contributed by atoms with E-state index >= 15 is 0 Å². The molecule has 1 aliphatic rings. The average molecular weight is 451 g/mol. The van der Waals surface area contributed by atoms with Gasteiger partial charge in [0, 0.05) is 6.54 Å². The summed E-state index contributed by atoms with van der Waals surface area (Å²) in [4.78, 5) is 12.4. The standard InChI is InChI=1S/C25H26N2O4S/c1-19(20-8-3-2-4-9-20)26-25(28)18-31-22-13-15-23(16-14-22)32(29,30)27-17-7-11-21-10-5-6-12-24(21)27/h2-6,8-10,12-16,19H,7,11,17-18H2,1H3,(H,26,28)/t19-/m0/s1. The van der Waals surface area contributed by atoms with Gasteiger partial charge in [0.25, 0.3) is 15.9 Å². The summed E-state index contributed by atoms with van der Waals surface area (Å²) in [7, 11) is -3.67. The fraction of sp³-hybridized carbons (Fsp3) is 0.240. The van der Waals surface area contributed by atoms with Gasteiger partial charge in [-0.15, -0.1) is 0 Å². The van der Waals surface area contributed by atoms with E-state index in [4.69, 9.17) is 4.74 Å². The molecule has 0 spiro atoms. The number of aryl methyl sites for hydroxylation is 1. The van der Waals surface area contributed by atoms with Crippen LogP contribution in [-0.2, 0) is 21.2 Å². The fourth-order valence-electron chi connectivity index (χ4n) is 3.84. The zero-order valence-electron chi connectivity index (χ0n) is 17.9. The van der Waals surface area contributed by atoms with Gasteiger partial charge in [-0.2, -0.15) is 0 Å². The summed E-state index contributed by atoms with van der Waals surface area (Å²) in [5.74, 6) is 0.188. The number of ether oxygens (including phenoxy) is 1. The van der Waals surface area contributed by atoms with Crippen molar-refractivity contribution < 1.29 is 17.9 Å². The number of hydrogen-bond donors (Lipinski definition) is 1. The number of benzene rings is 3. The number of carbonyl (C=O) groups is 1. The molecule has 1 N–H and O–H groups in total. The lowest BCUT2D eigenvalue weighted by atomic mass is 10.0. The molecule has 1 atom stereocenters. The summed E-state index contributed by atoms with van der Waals surface area (Å²) < 4.78 is 33.4. The van der Waals surface area contributed by atoms with Crippen LogP contribution >= 0.6 is 0 Å². The van der Waals surface area contributed by atoms with Crippen LogP contribution in [0, 0.1) is 0 Å². The van der Waals surface area contributed by atoms with E-state index in [9.17, 15) is 13.2 Å². The third-order valence-electron chi connectivity index (χ3n) is 5.53. The number of sulfonamides is 1. The van der Waals surface area contributed by atoms with E-state index < -0.39 is 10.0 Å². The van der Waals surface area contributed by atoms with Crippen LogP contribution in [-0.4, -0.2) is 27.5 Å². The van der Waals surface area contributed by atoms with E-state index in [0.29, 0.717) is 12.3 Å². The Morgan fingerprint density at radius 3 is 2.44 bits per heavy atom. The van der Waals surface area contributed by atoms with Crippen molar-refractivity contribution in [3.05, 3.63) is 90.0 Å². The first kappa shape index (κ1) is 21.9. The summed E-state index contributed by atoms with van der Waals surface area (Å²) in [6.45, 7) is 2.21. The van der Waals surface area contributed by atoms with E-state index in [1.165, 1.54) is 16.4 Å². The van der Waals surface area contributed by atoms with Crippen LogP contribution in [0.25, 0.3) is 0 Å². The van der Waals surface area contributed by atoms with Crippen LogP contribution in [0.2, 0.25) is 0 Å². The minimum atomic E-state index is -3.67. The van der Waals surface area contributed by atoms with E-state index in [1.807, 2.05) is 61.5 Å². The van der Waals surface area contributed by atoms with Gasteiger partial charge in [-0.1, -0.05) is 48.5 Å². The lowest BCUT2D eigenvalue weighted by Crippen LogP contribution is -2.35. The molecule has 0 radical (unpaired) electrons. The van der Waals surface area contributed by atoms with Gasteiger partial charge in [-0.25, -0.2) is 8.42 Å². The van der Waals surface area contributed by atoms with Gasteiger partial charge in [0.2, 0.25) is 0 Å². The highest BCUT2D eigenvalue weighted by atomic mass is 32.2. The Labute approximate surface area is 188 Å². The van der Waals surface area contributed by atoms with E-state index in [2.05, 4.69) is 5.32 Å². The molecule has 4 rings (SSSR count). The van der Waals surface area contributed by atoms with Crippen molar-refractivity contribution in [1.82, 2.24) is 5.32 Å².